The summed E-state index contributed by atoms with van der Waals surface area (Å²) in [5.74, 6) is -0.986. The number of hydrogen-bond acceptors (Lipinski definition) is 3. The Kier molecular flexibility index (Phi) is 7.51. The van der Waals surface area contributed by atoms with E-state index in [1.165, 1.54) is 31.4 Å². The lowest BCUT2D eigenvalue weighted by Gasteiger charge is -2.12. The molecule has 0 atom stereocenters. The minimum atomic E-state index is -0.413. The Morgan fingerprint density at radius 3 is 2.29 bits per heavy atom. The molecular formula is C29H26F2N2O2. The van der Waals surface area contributed by atoms with Crippen LogP contribution in [0.3, 0.4) is 0 Å². The molecule has 1 aromatic heterocycles. The number of halogens is 2. The summed E-state index contributed by atoms with van der Waals surface area (Å²) in [7, 11) is 3.29. The number of carbonyl (C=O) groups is 1. The van der Waals surface area contributed by atoms with Gasteiger partial charge in [0.05, 0.1) is 19.0 Å². The van der Waals surface area contributed by atoms with Gasteiger partial charge in [-0.3, -0.25) is 0 Å². The van der Waals surface area contributed by atoms with Crippen molar-refractivity contribution in [2.45, 2.75) is 19.3 Å². The van der Waals surface area contributed by atoms with E-state index in [-0.39, 0.29) is 11.6 Å². The Bertz CT molecular complexity index is 1340. The molecule has 0 aliphatic carbocycles. The molecule has 4 rings (SSSR count). The van der Waals surface area contributed by atoms with E-state index in [0.29, 0.717) is 24.8 Å². The molecule has 0 unspecified atom stereocenters. The van der Waals surface area contributed by atoms with Crippen LogP contribution in [0.2, 0.25) is 0 Å². The van der Waals surface area contributed by atoms with Crippen LogP contribution < -0.4 is 0 Å². The highest BCUT2D eigenvalue weighted by molar-refractivity contribution is 5.93. The fourth-order valence-corrected chi connectivity index (χ4v) is 3.98. The predicted molar refractivity (Wildman–Crippen MR) is 133 cm³/mol. The molecule has 0 amide bonds. The normalized spacial score (nSPS) is 11.5. The lowest BCUT2D eigenvalue weighted by atomic mass is 9.94. The second-order valence-corrected chi connectivity index (χ2v) is 8.38. The van der Waals surface area contributed by atoms with Crippen LogP contribution in [0.5, 0.6) is 0 Å². The van der Waals surface area contributed by atoms with Gasteiger partial charge in [0.15, 0.2) is 0 Å². The van der Waals surface area contributed by atoms with E-state index in [2.05, 4.69) is 4.98 Å². The number of methoxy groups -OCH3 is 1. The summed E-state index contributed by atoms with van der Waals surface area (Å²) in [6, 6.07) is 18.4. The molecule has 6 heteroatoms. The third-order valence-corrected chi connectivity index (χ3v) is 5.98. The molecule has 4 nitrogen and oxygen atoms in total. The molecule has 0 radical (unpaired) electrons. The van der Waals surface area contributed by atoms with E-state index < -0.39 is 5.97 Å². The van der Waals surface area contributed by atoms with Crippen molar-refractivity contribution in [2.75, 3.05) is 7.11 Å². The standard InChI is InChI=1S/C29H26F2N2O2/c1-33-19-32-18-27(33)17-24(22-9-13-26(31)14-10-22)15-21-4-8-23(28(16-21)29(34)35-2)7-3-20-5-11-25(30)12-6-20/h4-6,8-16,18-19H,3,7,17H2,1-2H3. The number of allylic oxidation sites excluding steroid dienone is 1. The smallest absolute Gasteiger partial charge is 0.338 e. The van der Waals surface area contributed by atoms with Crippen molar-refractivity contribution >= 4 is 17.6 Å². The summed E-state index contributed by atoms with van der Waals surface area (Å²) in [5.41, 5.74) is 6.01. The average molecular weight is 473 g/mol. The second-order valence-electron chi connectivity index (χ2n) is 8.38. The number of hydrogen-bond donors (Lipinski definition) is 0. The Labute approximate surface area is 203 Å². The van der Waals surface area contributed by atoms with Gasteiger partial charge in [0, 0.05) is 25.4 Å². The number of carbonyl (C=O) groups excluding carboxylic acids is 1. The summed E-state index contributed by atoms with van der Waals surface area (Å²) < 4.78 is 33.7. The van der Waals surface area contributed by atoms with E-state index in [9.17, 15) is 13.6 Å². The largest absolute Gasteiger partial charge is 0.465 e. The van der Waals surface area contributed by atoms with Crippen LogP contribution >= 0.6 is 0 Å². The molecule has 0 aliphatic heterocycles. The van der Waals surface area contributed by atoms with Crippen molar-refractivity contribution in [2.24, 2.45) is 7.05 Å². The third kappa shape index (κ3) is 6.09. The quantitative estimate of drug-likeness (QED) is 0.232. The number of aromatic nitrogens is 2. The van der Waals surface area contributed by atoms with Crippen molar-refractivity contribution in [3.05, 3.63) is 124 Å². The van der Waals surface area contributed by atoms with E-state index in [1.807, 2.05) is 35.9 Å². The lowest BCUT2D eigenvalue weighted by Crippen LogP contribution is -2.07. The summed E-state index contributed by atoms with van der Waals surface area (Å²) in [5, 5.41) is 0. The molecule has 0 saturated heterocycles. The van der Waals surface area contributed by atoms with Gasteiger partial charge in [-0.15, -0.1) is 0 Å². The molecule has 0 N–H and O–H groups in total. The van der Waals surface area contributed by atoms with Crippen molar-refractivity contribution < 1.29 is 18.3 Å². The van der Waals surface area contributed by atoms with Gasteiger partial charge in [-0.25, -0.2) is 18.6 Å². The minimum absolute atomic E-state index is 0.275. The Morgan fingerprint density at radius 1 is 0.971 bits per heavy atom. The Morgan fingerprint density at radius 2 is 1.66 bits per heavy atom. The average Bonchev–Trinajstić information content (AvgIpc) is 3.27. The van der Waals surface area contributed by atoms with Crippen molar-refractivity contribution in [3.63, 3.8) is 0 Å². The van der Waals surface area contributed by atoms with Crippen LogP contribution in [-0.2, 0) is 31.0 Å². The third-order valence-electron chi connectivity index (χ3n) is 5.98. The zero-order valence-corrected chi connectivity index (χ0v) is 19.7. The van der Waals surface area contributed by atoms with Crippen LogP contribution in [0.4, 0.5) is 8.78 Å². The molecule has 1 heterocycles. The lowest BCUT2D eigenvalue weighted by molar-refractivity contribution is 0.0599. The molecule has 178 valence electrons. The van der Waals surface area contributed by atoms with Gasteiger partial charge in [0.25, 0.3) is 0 Å². The summed E-state index contributed by atoms with van der Waals surface area (Å²) in [6.45, 7) is 0. The summed E-state index contributed by atoms with van der Waals surface area (Å²) in [6.07, 6.45) is 7.40. The molecule has 0 aliphatic rings. The van der Waals surface area contributed by atoms with Crippen LogP contribution in [-0.4, -0.2) is 22.6 Å². The van der Waals surface area contributed by atoms with Crippen LogP contribution in [0.15, 0.2) is 79.3 Å². The molecule has 0 bridgehead atoms. The molecular weight excluding hydrogens is 446 g/mol. The Balaban J connectivity index is 1.67. The fourth-order valence-electron chi connectivity index (χ4n) is 3.98. The molecule has 4 aromatic rings. The monoisotopic (exact) mass is 472 g/mol. The number of esters is 1. The first-order valence-electron chi connectivity index (χ1n) is 11.3. The fraction of sp³-hybridized carbons (Fsp3) is 0.172. The zero-order valence-electron chi connectivity index (χ0n) is 19.7. The molecule has 0 fully saturated rings. The van der Waals surface area contributed by atoms with E-state index in [0.717, 1.165) is 33.5 Å². The number of imidazole rings is 1. The maximum absolute atomic E-state index is 13.6. The number of benzene rings is 3. The molecule has 35 heavy (non-hydrogen) atoms. The van der Waals surface area contributed by atoms with E-state index in [1.54, 1.807) is 36.8 Å². The number of ether oxygens (including phenoxy) is 1. The first-order valence-corrected chi connectivity index (χ1v) is 11.3. The second kappa shape index (κ2) is 10.9. The van der Waals surface area contributed by atoms with Crippen LogP contribution in [0.1, 0.15) is 38.3 Å². The van der Waals surface area contributed by atoms with Gasteiger partial charge >= 0.3 is 5.97 Å². The topological polar surface area (TPSA) is 44.1 Å². The van der Waals surface area contributed by atoms with Gasteiger partial charge in [0.2, 0.25) is 0 Å². The first kappa shape index (κ1) is 24.1. The van der Waals surface area contributed by atoms with Gasteiger partial charge in [-0.2, -0.15) is 0 Å². The predicted octanol–water partition coefficient (Wildman–Crippen LogP) is 6.05. The molecule has 0 saturated carbocycles. The maximum Gasteiger partial charge on any atom is 0.338 e. The summed E-state index contributed by atoms with van der Waals surface area (Å²) in [4.78, 5) is 16.8. The molecule has 3 aromatic carbocycles. The van der Waals surface area contributed by atoms with Crippen molar-refractivity contribution in [3.8, 4) is 0 Å². The van der Waals surface area contributed by atoms with Crippen molar-refractivity contribution in [1.82, 2.24) is 9.55 Å². The number of rotatable bonds is 8. The van der Waals surface area contributed by atoms with Crippen LogP contribution in [0, 0.1) is 11.6 Å². The van der Waals surface area contributed by atoms with Gasteiger partial charge in [-0.1, -0.05) is 42.5 Å². The van der Waals surface area contributed by atoms with Gasteiger partial charge in [-0.05, 0) is 71.0 Å². The van der Waals surface area contributed by atoms with E-state index >= 15 is 0 Å². The number of nitrogens with zero attached hydrogens (tertiary/aromatic N) is 2. The van der Waals surface area contributed by atoms with Gasteiger partial charge < -0.3 is 9.30 Å². The highest BCUT2D eigenvalue weighted by atomic mass is 19.1. The van der Waals surface area contributed by atoms with Crippen molar-refractivity contribution in [1.29, 1.82) is 0 Å². The SMILES string of the molecule is COC(=O)c1cc(C=C(Cc2cncn2C)c2ccc(F)cc2)ccc1CCc1ccc(F)cc1. The molecule has 0 spiro atoms. The first-order chi connectivity index (χ1) is 16.9. The van der Waals surface area contributed by atoms with Gasteiger partial charge in [0.1, 0.15) is 11.6 Å². The maximum atomic E-state index is 13.6. The van der Waals surface area contributed by atoms with E-state index in [4.69, 9.17) is 4.74 Å². The summed E-state index contributed by atoms with van der Waals surface area (Å²) >= 11 is 0. The number of aryl methyl sites for hydroxylation is 3. The highest BCUT2D eigenvalue weighted by Gasteiger charge is 2.14. The van der Waals surface area contributed by atoms with Crippen LogP contribution in [0.25, 0.3) is 11.6 Å². The minimum Gasteiger partial charge on any atom is -0.465 e. The Hall–Kier alpha value is -4.06. The highest BCUT2D eigenvalue weighted by Crippen LogP contribution is 2.25. The zero-order chi connectivity index (χ0) is 24.8.